The minimum atomic E-state index is 0.291. The number of fused-ring (bicyclic) bond motifs is 1. The quantitative estimate of drug-likeness (QED) is 0.698. The highest BCUT2D eigenvalue weighted by Crippen LogP contribution is 2.38. The van der Waals surface area contributed by atoms with Gasteiger partial charge in [0.15, 0.2) is 11.5 Å². The fourth-order valence-corrected chi connectivity index (χ4v) is 3.58. The van der Waals surface area contributed by atoms with E-state index in [4.69, 9.17) is 19.5 Å². The normalized spacial score (nSPS) is 16.3. The van der Waals surface area contributed by atoms with Crippen molar-refractivity contribution in [2.75, 3.05) is 34.4 Å². The van der Waals surface area contributed by atoms with E-state index in [2.05, 4.69) is 42.3 Å². The summed E-state index contributed by atoms with van der Waals surface area (Å²) >= 11 is 0. The van der Waals surface area contributed by atoms with E-state index in [-0.39, 0.29) is 0 Å². The summed E-state index contributed by atoms with van der Waals surface area (Å²) in [7, 11) is 5.53. The molecule has 1 aliphatic rings. The van der Waals surface area contributed by atoms with E-state index in [9.17, 15) is 0 Å². The van der Waals surface area contributed by atoms with Gasteiger partial charge >= 0.3 is 0 Å². The van der Waals surface area contributed by atoms with E-state index in [0.717, 1.165) is 36.6 Å². The van der Waals surface area contributed by atoms with E-state index in [1.54, 1.807) is 14.2 Å². The van der Waals surface area contributed by atoms with Crippen molar-refractivity contribution >= 4 is 0 Å². The summed E-state index contributed by atoms with van der Waals surface area (Å²) in [6, 6.07) is 14.8. The summed E-state index contributed by atoms with van der Waals surface area (Å²) in [6.45, 7) is 1.44. The summed E-state index contributed by atoms with van der Waals surface area (Å²) in [5.41, 5.74) is 3.88. The summed E-state index contributed by atoms with van der Waals surface area (Å²) in [6.07, 6.45) is 2.32. The lowest BCUT2D eigenvalue weighted by atomic mass is 9.88. The highest BCUT2D eigenvalue weighted by Gasteiger charge is 2.27. The maximum absolute atomic E-state index is 8.59. The van der Waals surface area contributed by atoms with E-state index >= 15 is 0 Å². The van der Waals surface area contributed by atoms with Gasteiger partial charge in [0.2, 0.25) is 0 Å². The number of nitriles is 1. The molecule has 142 valence electrons. The summed E-state index contributed by atoms with van der Waals surface area (Å²) in [5, 5.41) is 8.59. The number of methoxy groups -OCH3 is 2. The molecule has 1 atom stereocenters. The highest BCUT2D eigenvalue weighted by molar-refractivity contribution is 5.49. The van der Waals surface area contributed by atoms with Gasteiger partial charge < -0.3 is 14.2 Å². The van der Waals surface area contributed by atoms with Crippen LogP contribution in [0.1, 0.15) is 29.2 Å². The smallest absolute Gasteiger partial charge is 0.161 e. The molecule has 5 nitrogen and oxygen atoms in total. The molecule has 3 rings (SSSR count). The van der Waals surface area contributed by atoms with Crippen molar-refractivity contribution in [2.24, 2.45) is 0 Å². The lowest BCUT2D eigenvalue weighted by Gasteiger charge is -2.35. The van der Waals surface area contributed by atoms with Gasteiger partial charge in [0, 0.05) is 12.6 Å². The molecule has 0 aliphatic carbocycles. The Morgan fingerprint density at radius 3 is 2.48 bits per heavy atom. The third-order valence-corrected chi connectivity index (χ3v) is 5.11. The molecule has 0 N–H and O–H groups in total. The van der Waals surface area contributed by atoms with Gasteiger partial charge in [-0.15, -0.1) is 0 Å². The minimum absolute atomic E-state index is 0.291. The van der Waals surface area contributed by atoms with Crippen molar-refractivity contribution in [1.82, 2.24) is 4.90 Å². The molecule has 27 heavy (non-hydrogen) atoms. The predicted molar refractivity (Wildman–Crippen MR) is 104 cm³/mol. The Kier molecular flexibility index (Phi) is 6.20. The molecule has 1 aliphatic heterocycles. The second-order valence-electron chi connectivity index (χ2n) is 6.76. The van der Waals surface area contributed by atoms with Gasteiger partial charge in [0.05, 0.1) is 26.7 Å². The first-order valence-corrected chi connectivity index (χ1v) is 9.20. The second-order valence-corrected chi connectivity index (χ2v) is 6.76. The van der Waals surface area contributed by atoms with Crippen LogP contribution < -0.4 is 14.2 Å². The number of rotatable bonds is 7. The first-order valence-electron chi connectivity index (χ1n) is 9.20. The number of nitrogens with zero attached hydrogens (tertiary/aromatic N) is 2. The maximum atomic E-state index is 8.59. The molecule has 0 saturated carbocycles. The van der Waals surface area contributed by atoms with E-state index in [0.29, 0.717) is 19.1 Å². The number of ether oxygens (including phenoxy) is 3. The Hall–Kier alpha value is -2.71. The van der Waals surface area contributed by atoms with Crippen LogP contribution in [0.4, 0.5) is 0 Å². The van der Waals surface area contributed by atoms with Crippen molar-refractivity contribution < 1.29 is 14.2 Å². The predicted octanol–water partition coefficient (Wildman–Crippen LogP) is 3.77. The number of hydrogen-bond acceptors (Lipinski definition) is 5. The van der Waals surface area contributed by atoms with Crippen molar-refractivity contribution in [3.63, 3.8) is 0 Å². The monoisotopic (exact) mass is 366 g/mol. The van der Waals surface area contributed by atoms with Crippen LogP contribution in [0.25, 0.3) is 0 Å². The fraction of sp³-hybridized carbons (Fsp3) is 0.409. The topological polar surface area (TPSA) is 54.7 Å². The van der Waals surface area contributed by atoms with Gasteiger partial charge in [-0.3, -0.25) is 4.90 Å². The van der Waals surface area contributed by atoms with Crippen LogP contribution in [-0.4, -0.2) is 39.3 Å². The van der Waals surface area contributed by atoms with E-state index in [1.807, 2.05) is 12.1 Å². The average Bonchev–Trinajstić information content (AvgIpc) is 2.70. The van der Waals surface area contributed by atoms with Crippen molar-refractivity contribution in [1.29, 1.82) is 5.26 Å². The summed E-state index contributed by atoms with van der Waals surface area (Å²) in [5.74, 6) is 2.37. The van der Waals surface area contributed by atoms with Gasteiger partial charge in [-0.2, -0.15) is 5.26 Å². The van der Waals surface area contributed by atoms with Crippen molar-refractivity contribution in [2.45, 2.75) is 25.3 Å². The summed E-state index contributed by atoms with van der Waals surface area (Å²) in [4.78, 5) is 2.39. The van der Waals surface area contributed by atoms with Gasteiger partial charge in [-0.1, -0.05) is 12.1 Å². The maximum Gasteiger partial charge on any atom is 0.161 e. The lowest BCUT2D eigenvalue weighted by Crippen LogP contribution is -2.33. The number of benzene rings is 2. The summed E-state index contributed by atoms with van der Waals surface area (Å²) < 4.78 is 16.5. The zero-order chi connectivity index (χ0) is 19.2. The average molecular weight is 366 g/mol. The Labute approximate surface area is 161 Å². The highest BCUT2D eigenvalue weighted by atomic mass is 16.5. The first-order chi connectivity index (χ1) is 13.2. The Balaban J connectivity index is 1.80. The Morgan fingerprint density at radius 1 is 1.11 bits per heavy atom. The van der Waals surface area contributed by atoms with E-state index in [1.165, 1.54) is 16.7 Å². The minimum Gasteiger partial charge on any atom is -0.493 e. The van der Waals surface area contributed by atoms with Crippen LogP contribution in [0.5, 0.6) is 17.2 Å². The van der Waals surface area contributed by atoms with Gasteiger partial charge in [0.25, 0.3) is 0 Å². The molecule has 0 fully saturated rings. The first kappa shape index (κ1) is 19.1. The molecule has 0 saturated heterocycles. The lowest BCUT2D eigenvalue weighted by molar-refractivity contribution is 0.228. The van der Waals surface area contributed by atoms with Crippen molar-refractivity contribution in [3.05, 3.63) is 53.1 Å². The van der Waals surface area contributed by atoms with Crippen LogP contribution in [-0.2, 0) is 12.8 Å². The fourth-order valence-electron chi connectivity index (χ4n) is 3.58. The molecule has 1 unspecified atom stereocenters. The zero-order valence-electron chi connectivity index (χ0n) is 16.2. The molecule has 0 bridgehead atoms. The molecule has 0 amide bonds. The third kappa shape index (κ3) is 4.35. The molecule has 0 radical (unpaired) electrons. The van der Waals surface area contributed by atoms with Crippen molar-refractivity contribution in [3.8, 4) is 23.3 Å². The van der Waals surface area contributed by atoms with Crippen LogP contribution in [0.15, 0.2) is 36.4 Å². The molecule has 5 heteroatoms. The molecule has 0 aromatic heterocycles. The molecule has 2 aromatic carbocycles. The van der Waals surface area contributed by atoms with Crippen LogP contribution >= 0.6 is 0 Å². The van der Waals surface area contributed by atoms with Crippen LogP contribution in [0.2, 0.25) is 0 Å². The molecule has 0 spiro atoms. The van der Waals surface area contributed by atoms with Gasteiger partial charge in [-0.05, 0) is 60.8 Å². The van der Waals surface area contributed by atoms with E-state index < -0.39 is 0 Å². The Bertz CT molecular complexity index is 812. The largest absolute Gasteiger partial charge is 0.493 e. The van der Waals surface area contributed by atoms with Gasteiger partial charge in [-0.25, -0.2) is 0 Å². The molecule has 1 heterocycles. The number of hydrogen-bond donors (Lipinski definition) is 0. The molecular weight excluding hydrogens is 340 g/mol. The van der Waals surface area contributed by atoms with Gasteiger partial charge in [0.1, 0.15) is 12.4 Å². The third-order valence-electron chi connectivity index (χ3n) is 5.11. The number of likely N-dealkylation sites (N-methyl/N-ethyl adjacent to an activating group) is 1. The molecular formula is C22H26N2O3. The van der Waals surface area contributed by atoms with Crippen LogP contribution in [0, 0.1) is 11.3 Å². The second kappa shape index (κ2) is 8.79. The van der Waals surface area contributed by atoms with Crippen LogP contribution in [0.3, 0.4) is 0 Å². The molecule has 2 aromatic rings. The SMILES string of the molecule is COc1cc2c(cc1OC)C(Cc1ccc(OCCC#N)cc1)N(C)CC2. The standard InChI is InChI=1S/C22H26N2O3/c1-24-11-9-17-14-21(25-2)22(26-3)15-19(17)20(24)13-16-5-7-18(8-6-16)27-12-4-10-23/h5-8,14-15,20H,4,9,11-13H2,1-3H3. The zero-order valence-corrected chi connectivity index (χ0v) is 16.2. The Morgan fingerprint density at radius 2 is 1.81 bits per heavy atom.